The quantitative estimate of drug-likeness (QED) is 0.835. The first-order chi connectivity index (χ1) is 13.2. The van der Waals surface area contributed by atoms with Gasteiger partial charge in [-0.3, -0.25) is 9.69 Å². The number of carbonyl (C=O) groups is 1. The number of rotatable bonds is 3. The van der Waals surface area contributed by atoms with Gasteiger partial charge in [-0.25, -0.2) is 4.98 Å². The van der Waals surface area contributed by atoms with Crippen LogP contribution in [-0.4, -0.2) is 59.5 Å². The number of para-hydroxylation sites is 1. The predicted molar refractivity (Wildman–Crippen MR) is 99.9 cm³/mol. The molecule has 5 heterocycles. The second kappa shape index (κ2) is 6.37. The van der Waals surface area contributed by atoms with Crippen LogP contribution in [0.4, 0.5) is 0 Å². The number of aryl methyl sites for hydroxylation is 1. The van der Waals surface area contributed by atoms with Crippen LogP contribution < -0.4 is 4.74 Å². The summed E-state index contributed by atoms with van der Waals surface area (Å²) in [6, 6.07) is 8.82. The fourth-order valence-corrected chi connectivity index (χ4v) is 5.54. The lowest BCUT2D eigenvalue weighted by Gasteiger charge is -2.51. The maximum atomic E-state index is 13.3. The van der Waals surface area contributed by atoms with E-state index < -0.39 is 0 Å². The number of aromatic nitrogens is 1. The number of amides is 1. The molecule has 4 aliphatic heterocycles. The molecule has 6 heteroatoms. The first-order valence-electron chi connectivity index (χ1n) is 9.77. The molecule has 27 heavy (non-hydrogen) atoms. The van der Waals surface area contributed by atoms with E-state index in [1.807, 2.05) is 19.1 Å². The molecule has 2 aromatic rings. The Kier molecular flexibility index (Phi) is 3.97. The maximum absolute atomic E-state index is 13.3. The molecule has 4 saturated heterocycles. The standard InChI is InChI=1S/C21H25N3O3/c1-13-20(27-12-22-13)21(25)24-11-16(15-5-3-4-6-17(15)26-2)19-18(24)14-7-9-23(19)10-8-14/h3-6,12,14,16,18-19H,7-11H2,1-2H3/t16-,18-,19-/m1/s1. The van der Waals surface area contributed by atoms with Crippen LogP contribution >= 0.6 is 0 Å². The van der Waals surface area contributed by atoms with Gasteiger partial charge in [0.25, 0.3) is 5.91 Å². The highest BCUT2D eigenvalue weighted by Crippen LogP contribution is 2.48. The third-order valence-electron chi connectivity index (χ3n) is 6.73. The van der Waals surface area contributed by atoms with Gasteiger partial charge in [0.05, 0.1) is 18.8 Å². The highest BCUT2D eigenvalue weighted by molar-refractivity contribution is 5.93. The van der Waals surface area contributed by atoms with Crippen molar-refractivity contribution in [2.45, 2.75) is 37.8 Å². The Bertz CT molecular complexity index is 856. The lowest BCUT2D eigenvalue weighted by Crippen LogP contribution is -2.60. The zero-order valence-corrected chi connectivity index (χ0v) is 15.8. The third kappa shape index (κ3) is 2.50. The smallest absolute Gasteiger partial charge is 0.291 e. The Balaban J connectivity index is 1.56. The van der Waals surface area contributed by atoms with Gasteiger partial charge in [-0.2, -0.15) is 0 Å². The van der Waals surface area contributed by atoms with Crippen molar-refractivity contribution < 1.29 is 13.9 Å². The van der Waals surface area contributed by atoms with Gasteiger partial charge in [0.2, 0.25) is 5.76 Å². The van der Waals surface area contributed by atoms with Gasteiger partial charge in [0.15, 0.2) is 6.39 Å². The highest BCUT2D eigenvalue weighted by atomic mass is 16.5. The summed E-state index contributed by atoms with van der Waals surface area (Å²) in [4.78, 5) is 22.1. The molecular weight excluding hydrogens is 342 g/mol. The van der Waals surface area contributed by atoms with Crippen molar-refractivity contribution >= 4 is 5.91 Å². The van der Waals surface area contributed by atoms with Gasteiger partial charge in [0.1, 0.15) is 5.75 Å². The second-order valence-electron chi connectivity index (χ2n) is 7.93. The van der Waals surface area contributed by atoms with Crippen LogP contribution in [0.1, 0.15) is 40.6 Å². The maximum Gasteiger partial charge on any atom is 0.291 e. The van der Waals surface area contributed by atoms with Crippen LogP contribution in [0.3, 0.4) is 0 Å². The van der Waals surface area contributed by atoms with E-state index in [4.69, 9.17) is 9.15 Å². The molecule has 1 aromatic carbocycles. The van der Waals surface area contributed by atoms with Crippen LogP contribution in [0.15, 0.2) is 35.1 Å². The Hall–Kier alpha value is -2.34. The van der Waals surface area contributed by atoms with E-state index in [9.17, 15) is 4.79 Å². The van der Waals surface area contributed by atoms with Gasteiger partial charge in [-0.1, -0.05) is 18.2 Å². The molecule has 0 radical (unpaired) electrons. The largest absolute Gasteiger partial charge is 0.496 e. The summed E-state index contributed by atoms with van der Waals surface area (Å²) in [7, 11) is 1.72. The third-order valence-corrected chi connectivity index (χ3v) is 6.73. The van der Waals surface area contributed by atoms with Crippen molar-refractivity contribution in [3.8, 4) is 5.75 Å². The molecule has 4 aliphatic rings. The van der Waals surface area contributed by atoms with Crippen molar-refractivity contribution in [3.63, 3.8) is 0 Å². The molecule has 3 atom stereocenters. The van der Waals surface area contributed by atoms with Gasteiger partial charge >= 0.3 is 0 Å². The number of likely N-dealkylation sites (tertiary alicyclic amines) is 1. The van der Waals surface area contributed by atoms with E-state index in [1.54, 1.807) is 7.11 Å². The zero-order chi connectivity index (χ0) is 18.5. The number of benzene rings is 1. The van der Waals surface area contributed by atoms with Crippen LogP contribution in [0.2, 0.25) is 0 Å². The summed E-state index contributed by atoms with van der Waals surface area (Å²) in [5, 5.41) is 0. The molecule has 0 spiro atoms. The van der Waals surface area contributed by atoms with E-state index in [-0.39, 0.29) is 17.9 Å². The predicted octanol–water partition coefficient (Wildman–Crippen LogP) is 2.69. The molecule has 0 unspecified atom stereocenters. The Labute approximate surface area is 159 Å². The topological polar surface area (TPSA) is 58.8 Å². The summed E-state index contributed by atoms with van der Waals surface area (Å²) >= 11 is 0. The summed E-state index contributed by atoms with van der Waals surface area (Å²) in [5.74, 6) is 2.08. The minimum atomic E-state index is -0.0221. The van der Waals surface area contributed by atoms with Crippen LogP contribution in [0.5, 0.6) is 5.75 Å². The number of nitrogens with zero attached hydrogens (tertiary/aromatic N) is 3. The molecule has 0 N–H and O–H groups in total. The molecule has 1 amide bonds. The number of oxazole rings is 1. The molecule has 0 aliphatic carbocycles. The van der Waals surface area contributed by atoms with Crippen molar-refractivity contribution in [3.05, 3.63) is 47.7 Å². The first kappa shape index (κ1) is 16.8. The number of carbonyl (C=O) groups excluding carboxylic acids is 1. The van der Waals surface area contributed by atoms with Crippen LogP contribution in [-0.2, 0) is 0 Å². The van der Waals surface area contributed by atoms with Crippen LogP contribution in [0, 0.1) is 12.8 Å². The molecule has 4 fully saturated rings. The summed E-state index contributed by atoms with van der Waals surface area (Å²) in [6.07, 6.45) is 3.70. The highest BCUT2D eigenvalue weighted by Gasteiger charge is 2.55. The second-order valence-corrected chi connectivity index (χ2v) is 7.93. The lowest BCUT2D eigenvalue weighted by molar-refractivity contribution is -0.00441. The number of piperidine rings is 3. The van der Waals surface area contributed by atoms with Crippen molar-refractivity contribution in [2.75, 3.05) is 26.7 Å². The normalized spacial score (nSPS) is 31.8. The van der Waals surface area contributed by atoms with E-state index >= 15 is 0 Å². The lowest BCUT2D eigenvalue weighted by atomic mass is 9.75. The van der Waals surface area contributed by atoms with E-state index in [2.05, 4.69) is 26.9 Å². The summed E-state index contributed by atoms with van der Waals surface area (Å²) < 4.78 is 11.1. The van der Waals surface area contributed by atoms with Gasteiger partial charge in [0, 0.05) is 24.1 Å². The van der Waals surface area contributed by atoms with Gasteiger partial charge in [-0.15, -0.1) is 0 Å². The van der Waals surface area contributed by atoms with Crippen molar-refractivity contribution in [1.29, 1.82) is 0 Å². The van der Waals surface area contributed by atoms with E-state index in [1.165, 1.54) is 24.8 Å². The van der Waals surface area contributed by atoms with Gasteiger partial charge in [-0.05, 0) is 44.8 Å². The van der Waals surface area contributed by atoms with Crippen molar-refractivity contribution in [1.82, 2.24) is 14.8 Å². The SMILES string of the molecule is COc1ccccc1[C@H]1CN(C(=O)c2ocnc2C)[C@@H]2C3CCN(CC3)[C@H]12. The zero-order valence-electron chi connectivity index (χ0n) is 15.8. The molecule has 0 saturated carbocycles. The van der Waals surface area contributed by atoms with E-state index in [0.717, 1.165) is 18.8 Å². The molecule has 6 rings (SSSR count). The van der Waals surface area contributed by atoms with Crippen molar-refractivity contribution in [2.24, 2.45) is 5.92 Å². The molecule has 1 aromatic heterocycles. The first-order valence-corrected chi connectivity index (χ1v) is 9.77. The Morgan fingerprint density at radius 3 is 2.70 bits per heavy atom. The van der Waals surface area contributed by atoms with Gasteiger partial charge < -0.3 is 14.1 Å². The Morgan fingerprint density at radius 2 is 2.00 bits per heavy atom. The van der Waals surface area contributed by atoms with E-state index in [0.29, 0.717) is 30.0 Å². The number of ether oxygens (including phenoxy) is 1. The monoisotopic (exact) mass is 367 g/mol. The average Bonchev–Trinajstić information content (AvgIpc) is 3.33. The molecule has 142 valence electrons. The average molecular weight is 367 g/mol. The minimum Gasteiger partial charge on any atom is -0.496 e. The number of hydrogen-bond acceptors (Lipinski definition) is 5. The summed E-state index contributed by atoms with van der Waals surface area (Å²) in [5.41, 5.74) is 1.87. The molecule has 6 nitrogen and oxygen atoms in total. The number of methoxy groups -OCH3 is 1. The summed E-state index contributed by atoms with van der Waals surface area (Å²) in [6.45, 7) is 4.78. The minimum absolute atomic E-state index is 0.0221. The number of hydrogen-bond donors (Lipinski definition) is 0. The molecule has 2 bridgehead atoms. The Morgan fingerprint density at radius 1 is 1.22 bits per heavy atom. The molecular formula is C21H25N3O3. The van der Waals surface area contributed by atoms with Crippen LogP contribution in [0.25, 0.3) is 0 Å². The fourth-order valence-electron chi connectivity index (χ4n) is 5.54. The number of fused-ring (bicyclic) bond motifs is 2. The fraction of sp³-hybridized carbons (Fsp3) is 0.524.